The van der Waals surface area contributed by atoms with Gasteiger partial charge in [-0.05, 0) is 6.07 Å². The fourth-order valence-electron chi connectivity index (χ4n) is 1.30. The molecule has 0 aliphatic rings. The quantitative estimate of drug-likeness (QED) is 0.816. The van der Waals surface area contributed by atoms with Gasteiger partial charge in [0.2, 0.25) is 0 Å². The number of pyridine rings is 1. The average molecular weight is 248 g/mol. The molecule has 0 radical (unpaired) electrons. The van der Waals surface area contributed by atoms with Crippen LogP contribution in [-0.2, 0) is 22.5 Å². The van der Waals surface area contributed by atoms with Gasteiger partial charge < -0.3 is 10.5 Å². The van der Waals surface area contributed by atoms with E-state index in [-0.39, 0.29) is 24.2 Å². The zero-order chi connectivity index (χ0) is 13.0. The second-order valence-electron chi connectivity index (χ2n) is 3.22. The molecule has 0 amide bonds. The molecule has 2 N–H and O–H groups in total. The third-order valence-corrected chi connectivity index (χ3v) is 2.12. The van der Waals surface area contributed by atoms with E-state index in [1.54, 1.807) is 0 Å². The van der Waals surface area contributed by atoms with Crippen molar-refractivity contribution in [2.75, 3.05) is 7.11 Å². The van der Waals surface area contributed by atoms with Crippen molar-refractivity contribution in [2.24, 2.45) is 5.73 Å². The number of esters is 1. The Balaban J connectivity index is 3.15. The van der Waals surface area contributed by atoms with Crippen molar-refractivity contribution in [3.8, 4) is 0 Å². The second-order valence-corrected chi connectivity index (χ2v) is 3.22. The molecule has 94 valence electrons. The summed E-state index contributed by atoms with van der Waals surface area (Å²) in [5, 5.41) is 0. The molecule has 1 aromatic rings. The molecule has 7 heteroatoms. The summed E-state index contributed by atoms with van der Waals surface area (Å²) >= 11 is 0. The zero-order valence-electron chi connectivity index (χ0n) is 9.04. The van der Waals surface area contributed by atoms with Gasteiger partial charge in [0.25, 0.3) is 6.43 Å². The van der Waals surface area contributed by atoms with E-state index < -0.39 is 23.9 Å². The third kappa shape index (κ3) is 3.16. The van der Waals surface area contributed by atoms with Gasteiger partial charge in [-0.15, -0.1) is 0 Å². The van der Waals surface area contributed by atoms with Gasteiger partial charge in [0, 0.05) is 12.1 Å². The number of nitrogens with zero attached hydrogens (tertiary/aromatic N) is 1. The summed E-state index contributed by atoms with van der Waals surface area (Å²) in [7, 11) is 1.14. The van der Waals surface area contributed by atoms with Crippen molar-refractivity contribution in [3.05, 3.63) is 28.8 Å². The van der Waals surface area contributed by atoms with E-state index in [2.05, 4.69) is 9.72 Å². The van der Waals surface area contributed by atoms with Gasteiger partial charge in [-0.3, -0.25) is 9.78 Å². The Morgan fingerprint density at radius 3 is 2.71 bits per heavy atom. The van der Waals surface area contributed by atoms with E-state index in [4.69, 9.17) is 5.73 Å². The molecule has 17 heavy (non-hydrogen) atoms. The van der Waals surface area contributed by atoms with Gasteiger partial charge in [-0.2, -0.15) is 0 Å². The van der Waals surface area contributed by atoms with Gasteiger partial charge in [-0.25, -0.2) is 13.2 Å². The van der Waals surface area contributed by atoms with E-state index in [0.29, 0.717) is 0 Å². The molecule has 0 unspecified atom stereocenters. The fraction of sp³-hybridized carbons (Fsp3) is 0.400. The van der Waals surface area contributed by atoms with Crippen LogP contribution in [0.15, 0.2) is 6.07 Å². The summed E-state index contributed by atoms with van der Waals surface area (Å²) in [5.41, 5.74) is 3.98. The van der Waals surface area contributed by atoms with Crippen LogP contribution in [0.3, 0.4) is 0 Å². The van der Waals surface area contributed by atoms with Crippen LogP contribution in [-0.4, -0.2) is 18.1 Å². The Kier molecular flexibility index (Phi) is 4.45. The van der Waals surface area contributed by atoms with Crippen LogP contribution >= 0.6 is 0 Å². The summed E-state index contributed by atoms with van der Waals surface area (Å²) in [6.45, 7) is -0.378. The summed E-state index contributed by atoms with van der Waals surface area (Å²) in [5.74, 6) is -1.57. The van der Waals surface area contributed by atoms with Gasteiger partial charge in [0.05, 0.1) is 19.2 Å². The standard InChI is InChI=1S/C10H11F3N2O2/c1-17-8(16)3-5-2-7(11)6(4-14)9(15-5)10(12)13/h2,10H,3-4,14H2,1H3. The molecule has 0 saturated carbocycles. The van der Waals surface area contributed by atoms with Crippen molar-refractivity contribution >= 4 is 5.97 Å². The van der Waals surface area contributed by atoms with Crippen molar-refractivity contribution in [1.29, 1.82) is 0 Å². The number of methoxy groups -OCH3 is 1. The topological polar surface area (TPSA) is 65.2 Å². The Bertz CT molecular complexity index is 424. The highest BCUT2D eigenvalue weighted by molar-refractivity contribution is 5.71. The van der Waals surface area contributed by atoms with Crippen molar-refractivity contribution in [3.63, 3.8) is 0 Å². The number of nitrogens with two attached hydrogens (primary N) is 1. The smallest absolute Gasteiger partial charge is 0.311 e. The minimum absolute atomic E-state index is 0.109. The van der Waals surface area contributed by atoms with Crippen LogP contribution in [0, 0.1) is 5.82 Å². The highest BCUT2D eigenvalue weighted by atomic mass is 19.3. The molecule has 0 fully saturated rings. The fourth-order valence-corrected chi connectivity index (χ4v) is 1.30. The monoisotopic (exact) mass is 248 g/mol. The Morgan fingerprint density at radius 2 is 2.24 bits per heavy atom. The molecule has 4 nitrogen and oxygen atoms in total. The second kappa shape index (κ2) is 5.62. The highest BCUT2D eigenvalue weighted by Gasteiger charge is 2.20. The first kappa shape index (κ1) is 13.4. The van der Waals surface area contributed by atoms with Crippen molar-refractivity contribution in [2.45, 2.75) is 19.4 Å². The summed E-state index contributed by atoms with van der Waals surface area (Å²) in [6.07, 6.45) is -3.31. The number of rotatable bonds is 4. The molecule has 0 bridgehead atoms. The summed E-state index contributed by atoms with van der Waals surface area (Å²) in [4.78, 5) is 14.5. The van der Waals surface area contributed by atoms with Crippen LogP contribution in [0.5, 0.6) is 0 Å². The van der Waals surface area contributed by atoms with E-state index >= 15 is 0 Å². The summed E-state index contributed by atoms with van der Waals surface area (Å²) < 4.78 is 42.9. The third-order valence-electron chi connectivity index (χ3n) is 2.12. The number of halogens is 3. The number of ether oxygens (including phenoxy) is 1. The van der Waals surface area contributed by atoms with E-state index in [1.165, 1.54) is 0 Å². The number of aromatic nitrogens is 1. The van der Waals surface area contributed by atoms with Crippen LogP contribution < -0.4 is 5.73 Å². The number of hydrogen-bond donors (Lipinski definition) is 1. The van der Waals surface area contributed by atoms with Crippen LogP contribution in [0.2, 0.25) is 0 Å². The van der Waals surface area contributed by atoms with Gasteiger partial charge in [0.15, 0.2) is 0 Å². The number of alkyl halides is 2. The molecule has 0 saturated heterocycles. The number of carbonyl (C=O) groups excluding carboxylic acids is 1. The number of hydrogen-bond acceptors (Lipinski definition) is 4. The number of carbonyl (C=O) groups is 1. The first-order chi connectivity index (χ1) is 7.99. The molecule has 0 aromatic carbocycles. The predicted molar refractivity (Wildman–Crippen MR) is 52.8 cm³/mol. The maximum absolute atomic E-state index is 13.4. The lowest BCUT2D eigenvalue weighted by molar-refractivity contribution is -0.139. The van der Waals surface area contributed by atoms with Crippen LogP contribution in [0.4, 0.5) is 13.2 Å². The molecular formula is C10H11F3N2O2. The first-order valence-corrected chi connectivity index (χ1v) is 4.72. The Morgan fingerprint density at radius 1 is 1.59 bits per heavy atom. The largest absolute Gasteiger partial charge is 0.469 e. The van der Waals surface area contributed by atoms with E-state index in [9.17, 15) is 18.0 Å². The predicted octanol–water partition coefficient (Wildman–Crippen LogP) is 1.33. The lowest BCUT2D eigenvalue weighted by Crippen LogP contribution is -2.12. The minimum Gasteiger partial charge on any atom is -0.469 e. The maximum atomic E-state index is 13.4. The zero-order valence-corrected chi connectivity index (χ0v) is 9.04. The molecule has 1 aromatic heterocycles. The van der Waals surface area contributed by atoms with Crippen molar-refractivity contribution in [1.82, 2.24) is 4.98 Å². The molecule has 1 heterocycles. The van der Waals surface area contributed by atoms with E-state index in [0.717, 1.165) is 13.2 Å². The van der Waals surface area contributed by atoms with Gasteiger partial charge in [-0.1, -0.05) is 0 Å². The van der Waals surface area contributed by atoms with Gasteiger partial charge in [0.1, 0.15) is 11.5 Å². The van der Waals surface area contributed by atoms with Crippen LogP contribution in [0.1, 0.15) is 23.4 Å². The molecule has 0 atom stereocenters. The van der Waals surface area contributed by atoms with Crippen molar-refractivity contribution < 1.29 is 22.7 Å². The first-order valence-electron chi connectivity index (χ1n) is 4.72. The van der Waals surface area contributed by atoms with Gasteiger partial charge >= 0.3 is 5.97 Å². The maximum Gasteiger partial charge on any atom is 0.311 e. The normalized spacial score (nSPS) is 10.7. The van der Waals surface area contributed by atoms with Crippen LogP contribution in [0.25, 0.3) is 0 Å². The summed E-state index contributed by atoms with van der Waals surface area (Å²) in [6, 6.07) is 0.908. The lowest BCUT2D eigenvalue weighted by atomic mass is 10.1. The Labute approximate surface area is 95.6 Å². The molecule has 0 aliphatic heterocycles. The lowest BCUT2D eigenvalue weighted by Gasteiger charge is -2.09. The molecule has 1 rings (SSSR count). The Hall–Kier alpha value is -1.63. The molecule has 0 spiro atoms. The minimum atomic E-state index is -2.94. The van der Waals surface area contributed by atoms with E-state index in [1.807, 2.05) is 0 Å². The highest BCUT2D eigenvalue weighted by Crippen LogP contribution is 2.23. The molecular weight excluding hydrogens is 237 g/mol. The SMILES string of the molecule is COC(=O)Cc1cc(F)c(CN)c(C(F)F)n1. The molecule has 0 aliphatic carbocycles. The average Bonchev–Trinajstić information content (AvgIpc) is 2.28.